The van der Waals surface area contributed by atoms with Gasteiger partial charge in [0.1, 0.15) is 0 Å². The fourth-order valence-electron chi connectivity index (χ4n) is 1.99. The zero-order valence-electron chi connectivity index (χ0n) is 12.1. The van der Waals surface area contributed by atoms with E-state index in [4.69, 9.17) is 5.26 Å². The van der Waals surface area contributed by atoms with Gasteiger partial charge in [-0.05, 0) is 31.0 Å². The number of aromatic amines is 1. The van der Waals surface area contributed by atoms with Crippen LogP contribution in [-0.4, -0.2) is 9.97 Å². The topological polar surface area (TPSA) is 69.5 Å². The van der Waals surface area contributed by atoms with E-state index in [0.717, 1.165) is 24.1 Å². The number of H-pyrrole nitrogens is 1. The molecule has 1 aromatic heterocycles. The third-order valence-electron chi connectivity index (χ3n) is 3.08. The van der Waals surface area contributed by atoms with Gasteiger partial charge in [-0.25, -0.2) is 4.98 Å². The van der Waals surface area contributed by atoms with Gasteiger partial charge in [0.05, 0.1) is 11.6 Å². The summed E-state index contributed by atoms with van der Waals surface area (Å²) in [6.45, 7) is 4.12. The first-order valence-electron chi connectivity index (χ1n) is 6.89. The summed E-state index contributed by atoms with van der Waals surface area (Å²) in [4.78, 5) is 18.9. The standard InChI is InChI=1S/C16H17N3OS/c1-3-4-14-9-15(20)19-16(18-14)21-11(2)13-7-5-12(10-17)6-8-13/h5-9,11H,3-4H2,1-2H3,(H,18,19,20). The molecule has 2 aromatic rings. The van der Waals surface area contributed by atoms with Crippen molar-refractivity contribution < 1.29 is 0 Å². The maximum atomic E-state index is 11.6. The summed E-state index contributed by atoms with van der Waals surface area (Å²) in [6.07, 6.45) is 1.77. The highest BCUT2D eigenvalue weighted by Gasteiger charge is 2.10. The third-order valence-corrected chi connectivity index (χ3v) is 4.12. The van der Waals surface area contributed by atoms with Crippen LogP contribution in [0.1, 0.15) is 42.3 Å². The lowest BCUT2D eigenvalue weighted by Crippen LogP contribution is -2.10. The summed E-state index contributed by atoms with van der Waals surface area (Å²) in [6, 6.07) is 11.1. The molecule has 0 radical (unpaired) electrons. The number of thioether (sulfide) groups is 1. The van der Waals surface area contributed by atoms with E-state index in [1.807, 2.05) is 12.1 Å². The van der Waals surface area contributed by atoms with Crippen molar-refractivity contribution >= 4 is 11.8 Å². The van der Waals surface area contributed by atoms with Crippen molar-refractivity contribution in [1.29, 1.82) is 5.26 Å². The number of nitriles is 1. The molecule has 0 aliphatic carbocycles. The van der Waals surface area contributed by atoms with Crippen LogP contribution < -0.4 is 5.56 Å². The second-order valence-corrected chi connectivity index (χ2v) is 6.12. The minimum Gasteiger partial charge on any atom is -0.301 e. The Bertz CT molecular complexity index is 701. The first-order chi connectivity index (χ1) is 10.1. The number of hydrogen-bond donors (Lipinski definition) is 1. The van der Waals surface area contributed by atoms with Crippen LogP contribution in [0.2, 0.25) is 0 Å². The summed E-state index contributed by atoms with van der Waals surface area (Å²) in [5.74, 6) is 0. The van der Waals surface area contributed by atoms with Crippen molar-refractivity contribution in [2.24, 2.45) is 0 Å². The van der Waals surface area contributed by atoms with Gasteiger partial charge < -0.3 is 4.98 Å². The number of nitrogens with one attached hydrogen (secondary N) is 1. The second kappa shape index (κ2) is 7.09. The minimum absolute atomic E-state index is 0.108. The van der Waals surface area contributed by atoms with Crippen molar-refractivity contribution in [2.75, 3.05) is 0 Å². The molecule has 1 atom stereocenters. The van der Waals surface area contributed by atoms with Crippen molar-refractivity contribution in [3.63, 3.8) is 0 Å². The van der Waals surface area contributed by atoms with E-state index in [1.54, 1.807) is 18.2 Å². The molecule has 108 valence electrons. The van der Waals surface area contributed by atoms with Crippen LogP contribution in [0.15, 0.2) is 40.3 Å². The zero-order chi connectivity index (χ0) is 15.2. The fourth-order valence-corrected chi connectivity index (χ4v) is 2.95. The van der Waals surface area contributed by atoms with Gasteiger partial charge in [0, 0.05) is 17.0 Å². The lowest BCUT2D eigenvalue weighted by Gasteiger charge is -2.11. The number of aromatic nitrogens is 2. The van der Waals surface area contributed by atoms with Crippen molar-refractivity contribution in [1.82, 2.24) is 9.97 Å². The average Bonchev–Trinajstić information content (AvgIpc) is 2.47. The maximum absolute atomic E-state index is 11.6. The van der Waals surface area contributed by atoms with Gasteiger partial charge >= 0.3 is 0 Å². The van der Waals surface area contributed by atoms with Crippen molar-refractivity contribution in [3.8, 4) is 6.07 Å². The average molecular weight is 299 g/mol. The van der Waals surface area contributed by atoms with Crippen LogP contribution in [0.4, 0.5) is 0 Å². The second-order valence-electron chi connectivity index (χ2n) is 4.79. The summed E-state index contributed by atoms with van der Waals surface area (Å²) < 4.78 is 0. The predicted molar refractivity (Wildman–Crippen MR) is 84.3 cm³/mol. The molecule has 0 saturated carbocycles. The molecule has 0 saturated heterocycles. The van der Waals surface area contributed by atoms with Crippen LogP contribution >= 0.6 is 11.8 Å². The van der Waals surface area contributed by atoms with Gasteiger partial charge in [0.25, 0.3) is 5.56 Å². The molecule has 0 aliphatic rings. The van der Waals surface area contributed by atoms with Crippen molar-refractivity contribution in [2.45, 2.75) is 37.1 Å². The predicted octanol–water partition coefficient (Wildman–Crippen LogP) is 3.45. The smallest absolute Gasteiger partial charge is 0.251 e. The Balaban J connectivity index is 2.16. The van der Waals surface area contributed by atoms with Gasteiger partial charge in [-0.15, -0.1) is 0 Å². The highest BCUT2D eigenvalue weighted by molar-refractivity contribution is 7.99. The Morgan fingerprint density at radius 3 is 2.71 bits per heavy atom. The lowest BCUT2D eigenvalue weighted by atomic mass is 10.1. The molecule has 0 amide bonds. The SMILES string of the molecule is CCCc1cc(=O)[nH]c(SC(C)c2ccc(C#N)cc2)n1. The summed E-state index contributed by atoms with van der Waals surface area (Å²) in [5, 5.41) is 9.60. The molecular weight excluding hydrogens is 282 g/mol. The monoisotopic (exact) mass is 299 g/mol. The van der Waals surface area contributed by atoms with Gasteiger partial charge in [-0.3, -0.25) is 4.79 Å². The molecule has 5 heteroatoms. The Morgan fingerprint density at radius 2 is 2.10 bits per heavy atom. The Hall–Kier alpha value is -2.06. The van der Waals surface area contributed by atoms with Crippen LogP contribution in [0.5, 0.6) is 0 Å². The molecule has 0 bridgehead atoms. The minimum atomic E-state index is -0.108. The number of hydrogen-bond acceptors (Lipinski definition) is 4. The Labute approximate surface area is 128 Å². The van der Waals surface area contributed by atoms with E-state index in [-0.39, 0.29) is 10.8 Å². The quantitative estimate of drug-likeness (QED) is 0.678. The highest BCUT2D eigenvalue weighted by Crippen LogP contribution is 2.32. The van der Waals surface area contributed by atoms with Crippen LogP contribution in [-0.2, 0) is 6.42 Å². The summed E-state index contributed by atoms with van der Waals surface area (Å²) >= 11 is 1.51. The first-order valence-corrected chi connectivity index (χ1v) is 7.77. The Morgan fingerprint density at radius 1 is 1.38 bits per heavy atom. The van der Waals surface area contributed by atoms with Crippen LogP contribution in [0, 0.1) is 11.3 Å². The van der Waals surface area contributed by atoms with E-state index >= 15 is 0 Å². The van der Waals surface area contributed by atoms with Gasteiger partial charge in [0.15, 0.2) is 5.16 Å². The van der Waals surface area contributed by atoms with Crippen molar-refractivity contribution in [3.05, 3.63) is 57.5 Å². The zero-order valence-corrected chi connectivity index (χ0v) is 12.9. The number of rotatable bonds is 5. The molecule has 4 nitrogen and oxygen atoms in total. The molecule has 0 spiro atoms. The normalized spacial score (nSPS) is 11.9. The molecule has 2 rings (SSSR count). The van der Waals surface area contributed by atoms with E-state index in [2.05, 4.69) is 29.9 Å². The molecule has 1 heterocycles. The lowest BCUT2D eigenvalue weighted by molar-refractivity contribution is 0.813. The molecule has 21 heavy (non-hydrogen) atoms. The van der Waals surface area contributed by atoms with E-state index in [0.29, 0.717) is 10.7 Å². The number of aryl methyl sites for hydroxylation is 1. The van der Waals surface area contributed by atoms with Gasteiger partial charge in [-0.2, -0.15) is 5.26 Å². The van der Waals surface area contributed by atoms with E-state index in [9.17, 15) is 4.79 Å². The third kappa shape index (κ3) is 4.20. The number of nitrogens with zero attached hydrogens (tertiary/aromatic N) is 2. The largest absolute Gasteiger partial charge is 0.301 e. The van der Waals surface area contributed by atoms with E-state index in [1.165, 1.54) is 11.8 Å². The van der Waals surface area contributed by atoms with Crippen LogP contribution in [0.3, 0.4) is 0 Å². The molecule has 1 N–H and O–H groups in total. The Kier molecular flexibility index (Phi) is 5.18. The maximum Gasteiger partial charge on any atom is 0.251 e. The fraction of sp³-hybridized carbons (Fsp3) is 0.312. The summed E-state index contributed by atoms with van der Waals surface area (Å²) in [5.41, 5.74) is 2.47. The highest BCUT2D eigenvalue weighted by atomic mass is 32.2. The molecule has 1 unspecified atom stereocenters. The molecule has 0 fully saturated rings. The molecular formula is C16H17N3OS. The van der Waals surface area contributed by atoms with Gasteiger partial charge in [0.2, 0.25) is 0 Å². The number of benzene rings is 1. The first kappa shape index (κ1) is 15.3. The molecule has 0 aliphatic heterocycles. The van der Waals surface area contributed by atoms with Gasteiger partial charge in [-0.1, -0.05) is 37.2 Å². The van der Waals surface area contributed by atoms with E-state index < -0.39 is 0 Å². The summed E-state index contributed by atoms with van der Waals surface area (Å²) in [7, 11) is 0. The van der Waals surface area contributed by atoms with Crippen LogP contribution in [0.25, 0.3) is 0 Å². The molecule has 1 aromatic carbocycles.